The number of urea groups is 1. The monoisotopic (exact) mass is 266 g/mol. The fourth-order valence-electron chi connectivity index (χ4n) is 2.18. The Morgan fingerprint density at radius 1 is 1.47 bits per heavy atom. The number of hydrogen-bond acceptors (Lipinski definition) is 2. The van der Waals surface area contributed by atoms with Gasteiger partial charge in [-0.05, 0) is 37.5 Å². The zero-order valence-electron chi connectivity index (χ0n) is 10.5. The molecule has 102 valence electrons. The van der Waals surface area contributed by atoms with Gasteiger partial charge in [0.1, 0.15) is 11.9 Å². The first-order valence-corrected chi connectivity index (χ1v) is 6.05. The molecule has 2 rings (SSSR count). The highest BCUT2D eigenvalue weighted by molar-refractivity contribution is 5.92. The van der Waals surface area contributed by atoms with Crippen LogP contribution in [0.15, 0.2) is 18.2 Å². The summed E-state index contributed by atoms with van der Waals surface area (Å²) in [6.45, 7) is 2.12. The molecule has 1 aliphatic heterocycles. The van der Waals surface area contributed by atoms with Crippen molar-refractivity contribution in [3.8, 4) is 0 Å². The summed E-state index contributed by atoms with van der Waals surface area (Å²) in [6.07, 6.45) is 1.07. The molecule has 1 aliphatic rings. The molecule has 6 heteroatoms. The fourth-order valence-corrected chi connectivity index (χ4v) is 2.18. The summed E-state index contributed by atoms with van der Waals surface area (Å²) in [4.78, 5) is 24.2. The number of hydrogen-bond donors (Lipinski definition) is 2. The van der Waals surface area contributed by atoms with Crippen molar-refractivity contribution in [3.05, 3.63) is 29.6 Å². The Kier molecular flexibility index (Phi) is 3.69. The van der Waals surface area contributed by atoms with E-state index in [-0.39, 0.29) is 5.69 Å². The van der Waals surface area contributed by atoms with Crippen LogP contribution in [0, 0.1) is 12.7 Å². The number of rotatable bonds is 2. The van der Waals surface area contributed by atoms with Gasteiger partial charge in [0.05, 0.1) is 5.69 Å². The molecular formula is C13H15FN2O3. The topological polar surface area (TPSA) is 69.6 Å². The molecule has 1 aromatic carbocycles. The molecule has 0 saturated carbocycles. The smallest absolute Gasteiger partial charge is 0.326 e. The first-order valence-electron chi connectivity index (χ1n) is 6.05. The van der Waals surface area contributed by atoms with Crippen molar-refractivity contribution in [2.75, 3.05) is 11.9 Å². The SMILES string of the molecule is Cc1ccc(NC(=O)N2CCCC2C(=O)O)c(F)c1. The lowest BCUT2D eigenvalue weighted by molar-refractivity contribution is -0.141. The Morgan fingerprint density at radius 2 is 2.21 bits per heavy atom. The molecule has 0 radical (unpaired) electrons. The highest BCUT2D eigenvalue weighted by Crippen LogP contribution is 2.20. The van der Waals surface area contributed by atoms with Gasteiger partial charge in [0.25, 0.3) is 0 Å². The van der Waals surface area contributed by atoms with Crippen molar-refractivity contribution in [2.24, 2.45) is 0 Å². The largest absolute Gasteiger partial charge is 0.480 e. The standard InChI is InChI=1S/C13H15FN2O3/c1-8-4-5-10(9(14)7-8)15-13(19)16-6-2-3-11(16)12(17)18/h4-5,7,11H,2-3,6H2,1H3,(H,15,19)(H,17,18). The summed E-state index contributed by atoms with van der Waals surface area (Å²) in [5.41, 5.74) is 0.812. The van der Waals surface area contributed by atoms with Crippen LogP contribution in [0.3, 0.4) is 0 Å². The van der Waals surface area contributed by atoms with Gasteiger partial charge in [0.15, 0.2) is 0 Å². The van der Waals surface area contributed by atoms with E-state index in [1.165, 1.54) is 17.0 Å². The molecule has 0 aliphatic carbocycles. The normalized spacial score (nSPS) is 18.4. The van der Waals surface area contributed by atoms with Crippen LogP contribution in [-0.4, -0.2) is 34.6 Å². The third-order valence-electron chi connectivity index (χ3n) is 3.16. The van der Waals surface area contributed by atoms with Gasteiger partial charge < -0.3 is 15.3 Å². The number of aliphatic carboxylic acids is 1. The Balaban J connectivity index is 2.10. The molecule has 0 spiro atoms. The molecule has 19 heavy (non-hydrogen) atoms. The lowest BCUT2D eigenvalue weighted by atomic mass is 10.2. The van der Waals surface area contributed by atoms with Crippen LogP contribution in [-0.2, 0) is 4.79 Å². The summed E-state index contributed by atoms with van der Waals surface area (Å²) in [5.74, 6) is -1.56. The van der Waals surface area contributed by atoms with E-state index < -0.39 is 23.9 Å². The van der Waals surface area contributed by atoms with Crippen molar-refractivity contribution in [1.29, 1.82) is 0 Å². The Hall–Kier alpha value is -2.11. The predicted octanol–water partition coefficient (Wildman–Crippen LogP) is 2.22. The van der Waals surface area contributed by atoms with Gasteiger partial charge in [-0.1, -0.05) is 6.07 Å². The molecule has 1 unspecified atom stereocenters. The van der Waals surface area contributed by atoms with E-state index in [4.69, 9.17) is 5.11 Å². The van der Waals surface area contributed by atoms with Crippen molar-refractivity contribution in [2.45, 2.75) is 25.8 Å². The number of halogens is 1. The number of carboxylic acids is 1. The van der Waals surface area contributed by atoms with E-state index in [9.17, 15) is 14.0 Å². The molecule has 2 N–H and O–H groups in total. The quantitative estimate of drug-likeness (QED) is 0.862. The Bertz CT molecular complexity index is 519. The predicted molar refractivity (Wildman–Crippen MR) is 67.5 cm³/mol. The average Bonchev–Trinajstić information content (AvgIpc) is 2.82. The molecule has 5 nitrogen and oxygen atoms in total. The van der Waals surface area contributed by atoms with Crippen LogP contribution in [0.4, 0.5) is 14.9 Å². The number of carbonyl (C=O) groups excluding carboxylic acids is 1. The number of benzene rings is 1. The number of carboxylic acid groups (broad SMARTS) is 1. The van der Waals surface area contributed by atoms with Gasteiger partial charge in [-0.2, -0.15) is 0 Å². The molecule has 2 amide bonds. The minimum atomic E-state index is -1.03. The molecule has 1 heterocycles. The molecule has 0 aromatic heterocycles. The lowest BCUT2D eigenvalue weighted by Gasteiger charge is -2.22. The summed E-state index contributed by atoms with van der Waals surface area (Å²) in [7, 11) is 0. The zero-order valence-corrected chi connectivity index (χ0v) is 10.5. The van der Waals surface area contributed by atoms with Crippen molar-refractivity contribution in [3.63, 3.8) is 0 Å². The first kappa shape index (κ1) is 13.3. The number of anilines is 1. The minimum absolute atomic E-state index is 0.0617. The second-order valence-electron chi connectivity index (χ2n) is 4.60. The van der Waals surface area contributed by atoms with E-state index >= 15 is 0 Å². The zero-order chi connectivity index (χ0) is 14.0. The van der Waals surface area contributed by atoms with Crippen LogP contribution in [0.2, 0.25) is 0 Å². The van der Waals surface area contributed by atoms with E-state index in [0.717, 1.165) is 5.56 Å². The second-order valence-corrected chi connectivity index (χ2v) is 4.60. The molecule has 1 saturated heterocycles. The average molecular weight is 266 g/mol. The maximum Gasteiger partial charge on any atom is 0.326 e. The second kappa shape index (κ2) is 5.26. The number of amides is 2. The summed E-state index contributed by atoms with van der Waals surface area (Å²) < 4.78 is 13.6. The number of nitrogens with zero attached hydrogens (tertiary/aromatic N) is 1. The Morgan fingerprint density at radius 3 is 2.84 bits per heavy atom. The van der Waals surface area contributed by atoms with Gasteiger partial charge in [0, 0.05) is 6.54 Å². The molecule has 1 aromatic rings. The van der Waals surface area contributed by atoms with Gasteiger partial charge in [-0.25, -0.2) is 14.0 Å². The molecule has 0 bridgehead atoms. The van der Waals surface area contributed by atoms with Crippen LogP contribution in [0.5, 0.6) is 0 Å². The van der Waals surface area contributed by atoms with Gasteiger partial charge >= 0.3 is 12.0 Å². The van der Waals surface area contributed by atoms with Gasteiger partial charge in [0.2, 0.25) is 0 Å². The number of carbonyl (C=O) groups is 2. The highest BCUT2D eigenvalue weighted by Gasteiger charge is 2.34. The lowest BCUT2D eigenvalue weighted by Crippen LogP contribution is -2.42. The van der Waals surface area contributed by atoms with Crippen LogP contribution < -0.4 is 5.32 Å². The minimum Gasteiger partial charge on any atom is -0.480 e. The van der Waals surface area contributed by atoms with Crippen LogP contribution in [0.1, 0.15) is 18.4 Å². The molecule has 1 atom stereocenters. The highest BCUT2D eigenvalue weighted by atomic mass is 19.1. The van der Waals surface area contributed by atoms with Gasteiger partial charge in [-0.15, -0.1) is 0 Å². The summed E-state index contributed by atoms with van der Waals surface area (Å²) in [6, 6.07) is 3.06. The van der Waals surface area contributed by atoms with Crippen molar-refractivity contribution in [1.82, 2.24) is 4.90 Å². The van der Waals surface area contributed by atoms with E-state index in [2.05, 4.69) is 5.32 Å². The van der Waals surface area contributed by atoms with E-state index in [1.54, 1.807) is 13.0 Å². The van der Waals surface area contributed by atoms with Crippen LogP contribution in [0.25, 0.3) is 0 Å². The first-order chi connectivity index (χ1) is 8.99. The fraction of sp³-hybridized carbons (Fsp3) is 0.385. The number of nitrogens with one attached hydrogen (secondary N) is 1. The van der Waals surface area contributed by atoms with Crippen molar-refractivity contribution < 1.29 is 19.1 Å². The number of likely N-dealkylation sites (tertiary alicyclic amines) is 1. The van der Waals surface area contributed by atoms with Crippen LogP contribution >= 0.6 is 0 Å². The summed E-state index contributed by atoms with van der Waals surface area (Å²) >= 11 is 0. The number of aryl methyl sites for hydroxylation is 1. The maximum absolute atomic E-state index is 13.6. The van der Waals surface area contributed by atoms with Crippen molar-refractivity contribution >= 4 is 17.7 Å². The van der Waals surface area contributed by atoms with Gasteiger partial charge in [-0.3, -0.25) is 0 Å². The Labute approximate surface area is 110 Å². The molecular weight excluding hydrogens is 251 g/mol. The third kappa shape index (κ3) is 2.83. The van der Waals surface area contributed by atoms with E-state index in [0.29, 0.717) is 19.4 Å². The van der Waals surface area contributed by atoms with E-state index in [1.807, 2.05) is 0 Å². The molecule has 1 fully saturated rings. The summed E-state index contributed by atoms with van der Waals surface area (Å²) in [5, 5.41) is 11.4. The maximum atomic E-state index is 13.6. The third-order valence-corrected chi connectivity index (χ3v) is 3.16.